The number of anilines is 3. The first-order valence-corrected chi connectivity index (χ1v) is 10.9. The maximum absolute atomic E-state index is 14.3. The minimum atomic E-state index is -1.06. The molecule has 3 atom stereocenters. The molecule has 2 N–H and O–H groups in total. The fourth-order valence-electron chi connectivity index (χ4n) is 4.20. The van der Waals surface area contributed by atoms with Gasteiger partial charge < -0.3 is 20.1 Å². The minimum Gasteiger partial charge on any atom is -0.379 e. The highest BCUT2D eigenvalue weighted by Gasteiger charge is 2.26. The Morgan fingerprint density at radius 2 is 1.94 bits per heavy atom. The van der Waals surface area contributed by atoms with E-state index < -0.39 is 23.1 Å². The average Bonchev–Trinajstić information content (AvgIpc) is 3.43. The van der Waals surface area contributed by atoms with Crippen LogP contribution in [0.25, 0.3) is 11.2 Å². The third kappa shape index (κ3) is 4.24. The monoisotopic (exact) mass is 472 g/mol. The van der Waals surface area contributed by atoms with Crippen molar-refractivity contribution in [3.05, 3.63) is 59.7 Å². The summed E-state index contributed by atoms with van der Waals surface area (Å²) in [6.07, 6.45) is 8.09. The Hall–Kier alpha value is -3.44. The molecule has 178 valence electrons. The molecule has 8 nitrogen and oxygen atoms in total. The van der Waals surface area contributed by atoms with E-state index in [2.05, 4.69) is 25.6 Å². The van der Waals surface area contributed by atoms with Crippen LogP contribution in [0.5, 0.6) is 0 Å². The van der Waals surface area contributed by atoms with Crippen LogP contribution in [0.4, 0.5) is 30.8 Å². The Kier molecular flexibility index (Phi) is 5.96. The van der Waals surface area contributed by atoms with E-state index in [4.69, 9.17) is 9.47 Å². The number of hydrogen-bond donors (Lipinski definition) is 2. The van der Waals surface area contributed by atoms with Crippen LogP contribution in [0.3, 0.4) is 0 Å². The predicted molar refractivity (Wildman–Crippen MR) is 120 cm³/mol. The van der Waals surface area contributed by atoms with E-state index in [0.29, 0.717) is 48.9 Å². The predicted octanol–water partition coefficient (Wildman–Crippen LogP) is 4.47. The fourth-order valence-corrected chi connectivity index (χ4v) is 4.20. The minimum absolute atomic E-state index is 0.00127. The van der Waals surface area contributed by atoms with Crippen LogP contribution in [-0.2, 0) is 9.47 Å². The van der Waals surface area contributed by atoms with Gasteiger partial charge in [-0.15, -0.1) is 0 Å². The van der Waals surface area contributed by atoms with Crippen molar-refractivity contribution in [2.24, 2.45) is 5.92 Å². The maximum atomic E-state index is 14.3. The van der Waals surface area contributed by atoms with Crippen molar-refractivity contribution in [2.75, 3.05) is 31.0 Å². The average molecular weight is 472 g/mol. The Balaban J connectivity index is 1.52. The molecule has 2 aromatic heterocycles. The summed E-state index contributed by atoms with van der Waals surface area (Å²) < 4.78 is 54.6. The van der Waals surface area contributed by atoms with Crippen LogP contribution in [0, 0.1) is 23.4 Å². The maximum Gasteiger partial charge on any atom is 0.229 e. The van der Waals surface area contributed by atoms with Gasteiger partial charge in [0, 0.05) is 37.5 Å². The molecule has 2 unspecified atom stereocenters. The van der Waals surface area contributed by atoms with E-state index in [1.165, 1.54) is 6.20 Å². The topological polar surface area (TPSA) is 86.1 Å². The molecule has 2 aliphatic rings. The number of nitrogens with one attached hydrogen (secondary N) is 2. The smallest absolute Gasteiger partial charge is 0.229 e. The number of fused-ring (bicyclic) bond motifs is 1. The van der Waals surface area contributed by atoms with Gasteiger partial charge in [-0.05, 0) is 12.5 Å². The second kappa shape index (κ2) is 9.07. The number of nitrogens with zero attached hydrogens (tertiary/aromatic N) is 4. The molecule has 5 rings (SSSR count). The summed E-state index contributed by atoms with van der Waals surface area (Å²) in [5.41, 5.74) is 1.23. The quantitative estimate of drug-likeness (QED) is 0.548. The number of methoxy groups -OCH3 is 1. The molecular weight excluding hydrogens is 449 g/mol. The van der Waals surface area contributed by atoms with Crippen molar-refractivity contribution in [3.8, 4) is 0 Å². The first-order chi connectivity index (χ1) is 16.4. The lowest BCUT2D eigenvalue weighted by atomic mass is 9.98. The lowest BCUT2D eigenvalue weighted by Crippen LogP contribution is -2.20. The summed E-state index contributed by atoms with van der Waals surface area (Å²) in [6.45, 7) is 2.98. The van der Waals surface area contributed by atoms with Crippen molar-refractivity contribution >= 4 is 28.7 Å². The highest BCUT2D eigenvalue weighted by Crippen LogP contribution is 2.32. The molecule has 3 heterocycles. The molecule has 0 saturated carbocycles. The molecule has 3 aromatic rings. The van der Waals surface area contributed by atoms with Gasteiger partial charge in [0.25, 0.3) is 0 Å². The number of allylic oxidation sites excluding steroid dienone is 1. The normalized spacial score (nSPS) is 22.3. The third-order valence-electron chi connectivity index (χ3n) is 5.90. The largest absolute Gasteiger partial charge is 0.379 e. The number of benzene rings is 1. The second-order valence-electron chi connectivity index (χ2n) is 8.26. The third-order valence-corrected chi connectivity index (χ3v) is 5.90. The van der Waals surface area contributed by atoms with E-state index in [0.717, 1.165) is 5.70 Å². The summed E-state index contributed by atoms with van der Waals surface area (Å²) in [5.74, 6) is -2.46. The van der Waals surface area contributed by atoms with Crippen molar-refractivity contribution in [1.82, 2.24) is 19.5 Å². The highest BCUT2D eigenvalue weighted by molar-refractivity contribution is 5.77. The van der Waals surface area contributed by atoms with Crippen LogP contribution in [0.2, 0.25) is 0 Å². The summed E-state index contributed by atoms with van der Waals surface area (Å²) in [7, 11) is 1.66. The molecule has 11 heteroatoms. The standard InChI is InChI=1S/C23H23F3N6O2/c1-12-7-14(3-4-19(12)33-2)28-22-27-10-18-21(31-22)32(15-5-6-34-11-15)23(29-18)30-20-16(25)8-13(24)9-17(20)26/h3-4,7-10,12,15,19H,5-6,11H2,1-2H3,(H,29,30)(H,27,28,31)/t12?,15-,19?/m0/s1. The molecule has 1 aliphatic heterocycles. The number of hydrogen-bond acceptors (Lipinski definition) is 7. The van der Waals surface area contributed by atoms with E-state index in [1.807, 2.05) is 25.2 Å². The van der Waals surface area contributed by atoms with Crippen LogP contribution < -0.4 is 10.6 Å². The van der Waals surface area contributed by atoms with Gasteiger partial charge in [0.1, 0.15) is 17.0 Å². The summed E-state index contributed by atoms with van der Waals surface area (Å²) in [6, 6.07) is 1.07. The molecule has 0 bridgehead atoms. The molecule has 1 fully saturated rings. The second-order valence-corrected chi connectivity index (χ2v) is 8.26. The summed E-state index contributed by atoms with van der Waals surface area (Å²) in [4.78, 5) is 13.4. The van der Waals surface area contributed by atoms with Gasteiger partial charge in [0.05, 0.1) is 24.9 Å². The lowest BCUT2D eigenvalue weighted by Gasteiger charge is -2.21. The van der Waals surface area contributed by atoms with Gasteiger partial charge in [-0.2, -0.15) is 4.98 Å². The number of halogens is 3. The molecule has 1 aliphatic carbocycles. The van der Waals surface area contributed by atoms with Gasteiger partial charge in [0.2, 0.25) is 11.9 Å². The molecule has 1 aromatic carbocycles. The van der Waals surface area contributed by atoms with Crippen LogP contribution in [0.1, 0.15) is 19.4 Å². The van der Waals surface area contributed by atoms with Crippen LogP contribution in [-0.4, -0.2) is 45.9 Å². The van der Waals surface area contributed by atoms with Gasteiger partial charge in [0.15, 0.2) is 17.3 Å². The molecule has 34 heavy (non-hydrogen) atoms. The molecule has 1 saturated heterocycles. The van der Waals surface area contributed by atoms with E-state index in [1.54, 1.807) is 11.7 Å². The van der Waals surface area contributed by atoms with Crippen LogP contribution in [0.15, 0.2) is 42.3 Å². The molecule has 0 amide bonds. The molecule has 0 radical (unpaired) electrons. The van der Waals surface area contributed by atoms with Crippen LogP contribution >= 0.6 is 0 Å². The SMILES string of the molecule is COC1C=CC(Nc2ncc3nc(Nc4c(F)cc(F)cc4F)n([C@H]4CCOC4)c3n2)=CC1C. The van der Waals surface area contributed by atoms with E-state index >= 15 is 0 Å². The fraction of sp³-hybridized carbons (Fsp3) is 0.348. The zero-order valence-electron chi connectivity index (χ0n) is 18.6. The van der Waals surface area contributed by atoms with Crippen molar-refractivity contribution < 1.29 is 22.6 Å². The van der Waals surface area contributed by atoms with Gasteiger partial charge in [-0.25, -0.2) is 23.1 Å². The Bertz CT molecular complexity index is 1260. The summed E-state index contributed by atoms with van der Waals surface area (Å²) in [5, 5.41) is 5.87. The molecule has 0 spiro atoms. The molecular formula is C23H23F3N6O2. The Morgan fingerprint density at radius 3 is 2.62 bits per heavy atom. The van der Waals surface area contributed by atoms with Crippen molar-refractivity contribution in [1.29, 1.82) is 0 Å². The lowest BCUT2D eigenvalue weighted by molar-refractivity contribution is 0.111. The number of imidazole rings is 1. The Morgan fingerprint density at radius 1 is 1.15 bits per heavy atom. The number of ether oxygens (including phenoxy) is 2. The number of rotatable bonds is 6. The Labute approximate surface area is 193 Å². The first kappa shape index (κ1) is 22.4. The van der Waals surface area contributed by atoms with Crippen molar-refractivity contribution in [3.63, 3.8) is 0 Å². The van der Waals surface area contributed by atoms with E-state index in [-0.39, 0.29) is 24.0 Å². The highest BCUT2D eigenvalue weighted by atomic mass is 19.1. The van der Waals surface area contributed by atoms with E-state index in [9.17, 15) is 13.2 Å². The zero-order chi connectivity index (χ0) is 23.8. The van der Waals surface area contributed by atoms with Gasteiger partial charge in [-0.3, -0.25) is 4.57 Å². The first-order valence-electron chi connectivity index (χ1n) is 10.9. The zero-order valence-corrected chi connectivity index (χ0v) is 18.6. The summed E-state index contributed by atoms with van der Waals surface area (Å²) >= 11 is 0. The van der Waals surface area contributed by atoms with Gasteiger partial charge in [-0.1, -0.05) is 19.1 Å². The van der Waals surface area contributed by atoms with Crippen molar-refractivity contribution in [2.45, 2.75) is 25.5 Å². The van der Waals surface area contributed by atoms with Gasteiger partial charge >= 0.3 is 0 Å². The number of aromatic nitrogens is 4.